The molecule has 0 atom stereocenters. The second-order valence-corrected chi connectivity index (χ2v) is 3.70. The van der Waals surface area contributed by atoms with Crippen LogP contribution in [0.5, 0.6) is 0 Å². The molecule has 0 aliphatic rings. The van der Waals surface area contributed by atoms with Crippen LogP contribution in [-0.4, -0.2) is 10.9 Å². The number of aromatic amines is 1. The molecule has 94 valence electrons. The van der Waals surface area contributed by atoms with Gasteiger partial charge in [-0.25, -0.2) is 4.39 Å². The van der Waals surface area contributed by atoms with Crippen molar-refractivity contribution in [2.24, 2.45) is 0 Å². The summed E-state index contributed by atoms with van der Waals surface area (Å²) in [5.41, 5.74) is -0.198. The van der Waals surface area contributed by atoms with Crippen molar-refractivity contribution in [3.05, 3.63) is 63.8 Å². The largest absolute Gasteiger partial charge is 0.329 e. The van der Waals surface area contributed by atoms with Gasteiger partial charge in [-0.2, -0.15) is 5.26 Å². The first-order chi connectivity index (χ1) is 9.10. The van der Waals surface area contributed by atoms with Gasteiger partial charge in [-0.3, -0.25) is 9.59 Å². The SMILES string of the molecule is N#Cc1ccc(NC(=O)c2cc[nH]c(=O)c2)c(F)c1. The van der Waals surface area contributed by atoms with E-state index < -0.39 is 17.3 Å². The molecule has 0 fully saturated rings. The minimum absolute atomic E-state index is 0.0516. The summed E-state index contributed by atoms with van der Waals surface area (Å²) in [5.74, 6) is -1.31. The Morgan fingerprint density at radius 3 is 2.74 bits per heavy atom. The molecule has 0 aliphatic carbocycles. The highest BCUT2D eigenvalue weighted by Crippen LogP contribution is 2.16. The van der Waals surface area contributed by atoms with Gasteiger partial charge in [0.05, 0.1) is 17.3 Å². The van der Waals surface area contributed by atoms with Crippen molar-refractivity contribution in [3.8, 4) is 6.07 Å². The number of aromatic nitrogens is 1. The lowest BCUT2D eigenvalue weighted by atomic mass is 10.2. The number of carbonyl (C=O) groups excluding carboxylic acids is 1. The zero-order chi connectivity index (χ0) is 13.8. The van der Waals surface area contributed by atoms with Gasteiger partial charge >= 0.3 is 0 Å². The molecule has 0 unspecified atom stereocenters. The molecule has 2 rings (SSSR count). The van der Waals surface area contributed by atoms with E-state index >= 15 is 0 Å². The third-order valence-corrected chi connectivity index (χ3v) is 2.38. The van der Waals surface area contributed by atoms with Crippen LogP contribution in [0.4, 0.5) is 10.1 Å². The Kier molecular flexibility index (Phi) is 3.39. The molecule has 1 aromatic carbocycles. The molecule has 0 aliphatic heterocycles. The second kappa shape index (κ2) is 5.14. The molecule has 1 heterocycles. The molecule has 0 spiro atoms. The molecule has 0 radical (unpaired) electrons. The number of carbonyl (C=O) groups is 1. The Balaban J connectivity index is 2.25. The van der Waals surface area contributed by atoms with Crippen LogP contribution in [0.1, 0.15) is 15.9 Å². The third-order valence-electron chi connectivity index (χ3n) is 2.38. The van der Waals surface area contributed by atoms with Gasteiger partial charge < -0.3 is 10.3 Å². The number of H-pyrrole nitrogens is 1. The Labute approximate surface area is 107 Å². The number of benzene rings is 1. The first-order valence-electron chi connectivity index (χ1n) is 5.30. The van der Waals surface area contributed by atoms with Crippen molar-refractivity contribution >= 4 is 11.6 Å². The van der Waals surface area contributed by atoms with Gasteiger partial charge in [0.15, 0.2) is 0 Å². The van der Waals surface area contributed by atoms with E-state index in [1.807, 2.05) is 0 Å². The molecule has 19 heavy (non-hydrogen) atoms. The van der Waals surface area contributed by atoms with Crippen molar-refractivity contribution in [3.63, 3.8) is 0 Å². The summed E-state index contributed by atoms with van der Waals surface area (Å²) in [7, 11) is 0. The highest BCUT2D eigenvalue weighted by atomic mass is 19.1. The van der Waals surface area contributed by atoms with Crippen LogP contribution >= 0.6 is 0 Å². The number of rotatable bonds is 2. The van der Waals surface area contributed by atoms with Gasteiger partial charge in [0.1, 0.15) is 5.82 Å². The second-order valence-electron chi connectivity index (χ2n) is 3.70. The van der Waals surface area contributed by atoms with E-state index in [2.05, 4.69) is 10.3 Å². The Morgan fingerprint density at radius 1 is 1.32 bits per heavy atom. The average molecular weight is 257 g/mol. The van der Waals surface area contributed by atoms with Gasteiger partial charge in [0.25, 0.3) is 5.91 Å². The molecule has 2 N–H and O–H groups in total. The maximum Gasteiger partial charge on any atom is 0.255 e. The predicted molar refractivity (Wildman–Crippen MR) is 66.1 cm³/mol. The Morgan fingerprint density at radius 2 is 2.11 bits per heavy atom. The molecule has 2 aromatic rings. The molecule has 6 heteroatoms. The predicted octanol–water partition coefficient (Wildman–Crippen LogP) is 1.64. The molecule has 5 nitrogen and oxygen atoms in total. The number of nitrogens with one attached hydrogen (secondary N) is 2. The summed E-state index contributed by atoms with van der Waals surface area (Å²) in [6.07, 6.45) is 1.33. The van der Waals surface area contributed by atoms with E-state index in [1.165, 1.54) is 24.4 Å². The maximum atomic E-state index is 13.6. The van der Waals surface area contributed by atoms with Gasteiger partial charge in [0, 0.05) is 17.8 Å². The molecule has 1 amide bonds. The number of anilines is 1. The quantitative estimate of drug-likeness (QED) is 0.857. The van der Waals surface area contributed by atoms with E-state index in [-0.39, 0.29) is 16.8 Å². The molecular weight excluding hydrogens is 249 g/mol. The average Bonchev–Trinajstić information content (AvgIpc) is 2.41. The van der Waals surface area contributed by atoms with Crippen molar-refractivity contribution in [2.45, 2.75) is 0 Å². The van der Waals surface area contributed by atoms with Crippen LogP contribution in [0, 0.1) is 17.1 Å². The van der Waals surface area contributed by atoms with Crippen LogP contribution in [0.15, 0.2) is 41.3 Å². The lowest BCUT2D eigenvalue weighted by Gasteiger charge is -2.06. The highest BCUT2D eigenvalue weighted by molar-refractivity contribution is 6.04. The zero-order valence-electron chi connectivity index (χ0n) is 9.61. The number of hydrogen-bond donors (Lipinski definition) is 2. The Hall–Kier alpha value is -2.94. The van der Waals surface area contributed by atoms with E-state index in [9.17, 15) is 14.0 Å². The molecule has 0 saturated heterocycles. The summed E-state index contributed by atoms with van der Waals surface area (Å²) in [6, 6.07) is 8.00. The minimum atomic E-state index is -0.711. The fourth-order valence-corrected chi connectivity index (χ4v) is 1.47. The number of halogens is 1. The normalized spacial score (nSPS) is 9.68. The fraction of sp³-hybridized carbons (Fsp3) is 0. The van der Waals surface area contributed by atoms with Gasteiger partial charge in [-0.1, -0.05) is 0 Å². The summed E-state index contributed by atoms with van der Waals surface area (Å²) < 4.78 is 13.6. The lowest BCUT2D eigenvalue weighted by Crippen LogP contribution is -2.16. The van der Waals surface area contributed by atoms with Gasteiger partial charge in [-0.05, 0) is 24.3 Å². The number of nitrogens with zero attached hydrogens (tertiary/aromatic N) is 1. The first-order valence-corrected chi connectivity index (χ1v) is 5.30. The smallest absolute Gasteiger partial charge is 0.255 e. The number of nitriles is 1. The summed E-state index contributed by atoms with van der Waals surface area (Å²) in [4.78, 5) is 25.2. The van der Waals surface area contributed by atoms with Crippen molar-refractivity contribution in [2.75, 3.05) is 5.32 Å². The summed E-state index contributed by atoms with van der Waals surface area (Å²) in [6.45, 7) is 0. The number of pyridine rings is 1. The number of amides is 1. The van der Waals surface area contributed by atoms with Crippen LogP contribution in [-0.2, 0) is 0 Å². The van der Waals surface area contributed by atoms with E-state index in [4.69, 9.17) is 5.26 Å². The highest BCUT2D eigenvalue weighted by Gasteiger charge is 2.10. The van der Waals surface area contributed by atoms with Gasteiger partial charge in [0.2, 0.25) is 5.56 Å². The standard InChI is InChI=1S/C13H8FN3O2/c14-10-5-8(7-15)1-2-11(10)17-13(19)9-3-4-16-12(18)6-9/h1-6H,(H,16,18)(H,17,19). The first kappa shape index (κ1) is 12.5. The molecular formula is C13H8FN3O2. The van der Waals surface area contributed by atoms with Crippen molar-refractivity contribution in [1.82, 2.24) is 4.98 Å². The van der Waals surface area contributed by atoms with Crippen LogP contribution < -0.4 is 10.9 Å². The van der Waals surface area contributed by atoms with E-state index in [1.54, 1.807) is 6.07 Å². The Bertz CT molecular complexity index is 731. The van der Waals surface area contributed by atoms with Crippen molar-refractivity contribution in [1.29, 1.82) is 5.26 Å². The number of hydrogen-bond acceptors (Lipinski definition) is 3. The monoisotopic (exact) mass is 257 g/mol. The third kappa shape index (κ3) is 2.84. The summed E-state index contributed by atoms with van der Waals surface area (Å²) >= 11 is 0. The van der Waals surface area contributed by atoms with E-state index in [0.29, 0.717) is 0 Å². The topological polar surface area (TPSA) is 85.8 Å². The molecule has 0 saturated carbocycles. The van der Waals surface area contributed by atoms with Crippen LogP contribution in [0.2, 0.25) is 0 Å². The fourth-order valence-electron chi connectivity index (χ4n) is 1.47. The van der Waals surface area contributed by atoms with Crippen molar-refractivity contribution < 1.29 is 9.18 Å². The molecule has 0 bridgehead atoms. The summed E-state index contributed by atoms with van der Waals surface area (Å²) in [5, 5.41) is 10.9. The van der Waals surface area contributed by atoms with Crippen LogP contribution in [0.25, 0.3) is 0 Å². The molecule has 1 aromatic heterocycles. The van der Waals surface area contributed by atoms with Crippen LogP contribution in [0.3, 0.4) is 0 Å². The lowest BCUT2D eigenvalue weighted by molar-refractivity contribution is 0.102. The van der Waals surface area contributed by atoms with Gasteiger partial charge in [-0.15, -0.1) is 0 Å². The minimum Gasteiger partial charge on any atom is -0.329 e. The zero-order valence-corrected chi connectivity index (χ0v) is 9.61. The maximum absolute atomic E-state index is 13.6. The van der Waals surface area contributed by atoms with E-state index in [0.717, 1.165) is 12.1 Å².